The summed E-state index contributed by atoms with van der Waals surface area (Å²) in [7, 11) is 0. The third-order valence-corrected chi connectivity index (χ3v) is 3.74. The number of rotatable bonds is 4. The minimum absolute atomic E-state index is 0.434. The summed E-state index contributed by atoms with van der Waals surface area (Å²) in [6.45, 7) is 8.82. The minimum Gasteiger partial charge on any atom is -0.298 e. The highest BCUT2D eigenvalue weighted by Gasteiger charge is 2.13. The van der Waals surface area contributed by atoms with Crippen molar-refractivity contribution in [2.24, 2.45) is 0 Å². The second kappa shape index (κ2) is 6.04. The molecule has 0 heterocycles. The van der Waals surface area contributed by atoms with E-state index < -0.39 is 0 Å². The van der Waals surface area contributed by atoms with Gasteiger partial charge in [-0.2, -0.15) is 0 Å². The van der Waals surface area contributed by atoms with Gasteiger partial charge in [0.05, 0.1) is 0 Å². The Morgan fingerprint density at radius 2 is 1.55 bits per heavy atom. The Hall–Kier alpha value is -1.89. The van der Waals surface area contributed by atoms with Crippen molar-refractivity contribution in [3.63, 3.8) is 0 Å². The summed E-state index contributed by atoms with van der Waals surface area (Å²) in [5.74, 6) is 0.950. The predicted molar refractivity (Wildman–Crippen MR) is 85.4 cm³/mol. The molecule has 0 fully saturated rings. The fourth-order valence-electron chi connectivity index (χ4n) is 2.51. The van der Waals surface area contributed by atoms with Gasteiger partial charge in [-0.15, -0.1) is 0 Å². The molecule has 0 radical (unpaired) electrons. The minimum atomic E-state index is 0.434. The number of benzene rings is 2. The van der Waals surface area contributed by atoms with Crippen LogP contribution in [0.5, 0.6) is 0 Å². The standard InChI is InChI=1S/C19H22O/c1-13(2)15-9-10-18(19(11-15)14(3)4)17-8-6-5-7-16(17)12-20/h5-14H,1-4H3. The van der Waals surface area contributed by atoms with Gasteiger partial charge < -0.3 is 0 Å². The van der Waals surface area contributed by atoms with Crippen LogP contribution in [0.2, 0.25) is 0 Å². The first kappa shape index (κ1) is 14.5. The first-order chi connectivity index (χ1) is 9.54. The topological polar surface area (TPSA) is 17.1 Å². The summed E-state index contributed by atoms with van der Waals surface area (Å²) in [5, 5.41) is 0. The quantitative estimate of drug-likeness (QED) is 0.676. The second-order valence-corrected chi connectivity index (χ2v) is 5.86. The second-order valence-electron chi connectivity index (χ2n) is 5.86. The molecule has 0 saturated carbocycles. The van der Waals surface area contributed by atoms with Crippen molar-refractivity contribution < 1.29 is 4.79 Å². The zero-order valence-corrected chi connectivity index (χ0v) is 12.7. The van der Waals surface area contributed by atoms with Crippen molar-refractivity contribution in [1.29, 1.82) is 0 Å². The lowest BCUT2D eigenvalue weighted by Crippen LogP contribution is -1.98. The molecule has 0 atom stereocenters. The van der Waals surface area contributed by atoms with Gasteiger partial charge in [0.25, 0.3) is 0 Å². The van der Waals surface area contributed by atoms with Crippen LogP contribution in [0.25, 0.3) is 11.1 Å². The molecule has 2 rings (SSSR count). The zero-order valence-electron chi connectivity index (χ0n) is 12.7. The Balaban J connectivity index is 2.64. The summed E-state index contributed by atoms with van der Waals surface area (Å²) in [4.78, 5) is 11.3. The van der Waals surface area contributed by atoms with Gasteiger partial charge in [-0.05, 0) is 34.1 Å². The summed E-state index contributed by atoms with van der Waals surface area (Å²) in [6, 6.07) is 14.4. The average molecular weight is 266 g/mol. The van der Waals surface area contributed by atoms with Crippen LogP contribution in [0.4, 0.5) is 0 Å². The lowest BCUT2D eigenvalue weighted by molar-refractivity contribution is 0.112. The molecule has 1 nitrogen and oxygen atoms in total. The maximum absolute atomic E-state index is 11.3. The molecule has 0 N–H and O–H groups in total. The van der Waals surface area contributed by atoms with Gasteiger partial charge >= 0.3 is 0 Å². The largest absolute Gasteiger partial charge is 0.298 e. The van der Waals surface area contributed by atoms with E-state index in [1.807, 2.05) is 24.3 Å². The fourth-order valence-corrected chi connectivity index (χ4v) is 2.51. The molecule has 2 aromatic carbocycles. The van der Waals surface area contributed by atoms with E-state index in [-0.39, 0.29) is 0 Å². The van der Waals surface area contributed by atoms with Crippen LogP contribution < -0.4 is 0 Å². The van der Waals surface area contributed by atoms with Gasteiger partial charge in [0.2, 0.25) is 0 Å². The van der Waals surface area contributed by atoms with Crippen LogP contribution in [-0.4, -0.2) is 6.29 Å². The highest BCUT2D eigenvalue weighted by molar-refractivity contribution is 5.88. The number of aldehydes is 1. The highest BCUT2D eigenvalue weighted by Crippen LogP contribution is 2.33. The van der Waals surface area contributed by atoms with E-state index in [0.29, 0.717) is 11.8 Å². The lowest BCUT2D eigenvalue weighted by atomic mass is 9.87. The van der Waals surface area contributed by atoms with E-state index in [0.717, 1.165) is 17.4 Å². The third kappa shape index (κ3) is 2.82. The van der Waals surface area contributed by atoms with Crippen LogP contribution >= 0.6 is 0 Å². The normalized spacial score (nSPS) is 11.1. The van der Waals surface area contributed by atoms with Gasteiger partial charge in [0.1, 0.15) is 0 Å². The molecule has 104 valence electrons. The number of carbonyl (C=O) groups excluding carboxylic acids is 1. The smallest absolute Gasteiger partial charge is 0.150 e. The summed E-state index contributed by atoms with van der Waals surface area (Å²) in [5.41, 5.74) is 5.62. The fraction of sp³-hybridized carbons (Fsp3) is 0.316. The lowest BCUT2D eigenvalue weighted by Gasteiger charge is -2.17. The van der Waals surface area contributed by atoms with Gasteiger partial charge in [-0.25, -0.2) is 0 Å². The van der Waals surface area contributed by atoms with E-state index in [1.165, 1.54) is 16.7 Å². The predicted octanol–water partition coefficient (Wildman–Crippen LogP) is 5.41. The van der Waals surface area contributed by atoms with Crippen molar-refractivity contribution in [3.8, 4) is 11.1 Å². The number of hydrogen-bond acceptors (Lipinski definition) is 1. The van der Waals surface area contributed by atoms with Crippen LogP contribution in [0, 0.1) is 0 Å². The van der Waals surface area contributed by atoms with E-state index in [1.54, 1.807) is 0 Å². The van der Waals surface area contributed by atoms with E-state index >= 15 is 0 Å². The Morgan fingerprint density at radius 1 is 0.850 bits per heavy atom. The zero-order chi connectivity index (χ0) is 14.7. The van der Waals surface area contributed by atoms with Crippen molar-refractivity contribution >= 4 is 6.29 Å². The van der Waals surface area contributed by atoms with Crippen LogP contribution in [0.15, 0.2) is 42.5 Å². The summed E-state index contributed by atoms with van der Waals surface area (Å²) >= 11 is 0. The number of hydrogen-bond donors (Lipinski definition) is 0. The maximum atomic E-state index is 11.3. The summed E-state index contributed by atoms with van der Waals surface area (Å²) < 4.78 is 0. The third-order valence-electron chi connectivity index (χ3n) is 3.74. The van der Waals surface area contributed by atoms with E-state index in [9.17, 15) is 4.79 Å². The van der Waals surface area contributed by atoms with Crippen LogP contribution in [-0.2, 0) is 0 Å². The molecule has 0 amide bonds. The average Bonchev–Trinajstić information content (AvgIpc) is 2.46. The molecule has 20 heavy (non-hydrogen) atoms. The SMILES string of the molecule is CC(C)c1ccc(-c2ccccc2C=O)c(C(C)C)c1. The number of carbonyl (C=O) groups is 1. The van der Waals surface area contributed by atoms with Crippen molar-refractivity contribution in [2.75, 3.05) is 0 Å². The first-order valence-corrected chi connectivity index (χ1v) is 7.23. The first-order valence-electron chi connectivity index (χ1n) is 7.23. The molecule has 0 aromatic heterocycles. The van der Waals surface area contributed by atoms with Gasteiger partial charge in [0.15, 0.2) is 6.29 Å². The van der Waals surface area contributed by atoms with Crippen molar-refractivity contribution in [3.05, 3.63) is 59.2 Å². The van der Waals surface area contributed by atoms with Crippen molar-refractivity contribution in [1.82, 2.24) is 0 Å². The molecule has 0 unspecified atom stereocenters. The molecule has 0 spiro atoms. The molecule has 0 aliphatic carbocycles. The molecule has 0 aliphatic heterocycles. The summed E-state index contributed by atoms with van der Waals surface area (Å²) in [6.07, 6.45) is 0.940. The molecule has 0 aliphatic rings. The molecule has 0 saturated heterocycles. The van der Waals surface area contributed by atoms with Crippen LogP contribution in [0.3, 0.4) is 0 Å². The van der Waals surface area contributed by atoms with E-state index in [2.05, 4.69) is 45.9 Å². The Bertz CT molecular complexity index is 609. The Kier molecular flexibility index (Phi) is 4.39. The molecular weight excluding hydrogens is 244 g/mol. The molecule has 1 heteroatoms. The monoisotopic (exact) mass is 266 g/mol. The van der Waals surface area contributed by atoms with Crippen molar-refractivity contribution in [2.45, 2.75) is 39.5 Å². The van der Waals surface area contributed by atoms with Crippen LogP contribution in [0.1, 0.15) is 61.0 Å². The van der Waals surface area contributed by atoms with Gasteiger partial charge in [-0.1, -0.05) is 70.2 Å². The molecule has 0 bridgehead atoms. The van der Waals surface area contributed by atoms with Gasteiger partial charge in [0, 0.05) is 5.56 Å². The Morgan fingerprint density at radius 3 is 2.15 bits per heavy atom. The van der Waals surface area contributed by atoms with E-state index in [4.69, 9.17) is 0 Å². The highest BCUT2D eigenvalue weighted by atomic mass is 16.1. The maximum Gasteiger partial charge on any atom is 0.150 e. The molecular formula is C19H22O. The Labute approximate surface area is 121 Å². The van der Waals surface area contributed by atoms with Gasteiger partial charge in [-0.3, -0.25) is 4.79 Å². The molecule has 2 aromatic rings.